The first kappa shape index (κ1) is 104. The third-order valence-electron chi connectivity index (χ3n) is 20.9. The van der Waals surface area contributed by atoms with E-state index in [0.717, 1.165) is 102 Å². The number of aliphatic hydroxyl groups excluding tert-OH is 1. The van der Waals surface area contributed by atoms with Crippen molar-refractivity contribution < 1.29 is 80.2 Å². The van der Waals surface area contributed by atoms with Gasteiger partial charge in [0.15, 0.2) is 12.2 Å². The molecule has 0 heterocycles. The van der Waals surface area contributed by atoms with Crippen LogP contribution in [-0.4, -0.2) is 96.7 Å². The number of rotatable bonds is 87. The molecule has 0 amide bonds. The van der Waals surface area contributed by atoms with E-state index in [1.807, 2.05) is 0 Å². The summed E-state index contributed by atoms with van der Waals surface area (Å²) in [6.45, 7) is 7.32. The molecule has 0 aliphatic heterocycles. The summed E-state index contributed by atoms with van der Waals surface area (Å²) in [6, 6.07) is 0. The van der Waals surface area contributed by atoms with Crippen molar-refractivity contribution in [1.29, 1.82) is 0 Å². The molecule has 3 unspecified atom stereocenters. The smallest absolute Gasteiger partial charge is 0.462 e. The second-order valence-corrected chi connectivity index (χ2v) is 34.4. The maximum atomic E-state index is 13.2. The molecule has 0 aromatic heterocycles. The average Bonchev–Trinajstić information content (AvgIpc) is 0.901. The number of hydrogen-bond acceptors (Lipinski definition) is 15. The summed E-state index contributed by atoms with van der Waals surface area (Å²) in [5.74, 6) is -1.37. The summed E-state index contributed by atoms with van der Waals surface area (Å²) in [4.78, 5) is 73.2. The highest BCUT2D eigenvalue weighted by Gasteiger charge is 2.30. The monoisotopic (exact) mass is 1550 g/mol. The Morgan fingerprint density at radius 1 is 0.264 bits per heavy atom. The molecule has 3 N–H and O–H groups in total. The van der Waals surface area contributed by atoms with Gasteiger partial charge >= 0.3 is 39.5 Å². The largest absolute Gasteiger partial charge is 0.472 e. The number of ether oxygens (including phenoxy) is 4. The maximum absolute atomic E-state index is 13.2. The normalized spacial score (nSPS) is 14.0. The van der Waals surface area contributed by atoms with E-state index in [-0.39, 0.29) is 25.7 Å². The van der Waals surface area contributed by atoms with Gasteiger partial charge in [-0.05, 0) is 31.6 Å². The number of unbranched alkanes of at least 4 members (excludes halogenated alkanes) is 58. The molecule has 106 heavy (non-hydrogen) atoms. The maximum Gasteiger partial charge on any atom is 0.472 e. The molecule has 0 aromatic rings. The van der Waals surface area contributed by atoms with E-state index in [0.29, 0.717) is 25.7 Å². The summed E-state index contributed by atoms with van der Waals surface area (Å²) in [6.07, 6.45) is 73.9. The molecule has 0 aliphatic carbocycles. The quantitative estimate of drug-likeness (QED) is 0.0222. The Morgan fingerprint density at radius 3 is 0.670 bits per heavy atom. The minimum Gasteiger partial charge on any atom is -0.462 e. The molecule has 0 aliphatic rings. The van der Waals surface area contributed by atoms with Crippen molar-refractivity contribution in [2.45, 2.75) is 490 Å². The van der Waals surface area contributed by atoms with Gasteiger partial charge in [-0.25, -0.2) is 9.13 Å². The zero-order valence-electron chi connectivity index (χ0n) is 69.6. The molecule has 0 saturated heterocycles. The van der Waals surface area contributed by atoms with Crippen molar-refractivity contribution in [2.24, 2.45) is 5.92 Å². The van der Waals surface area contributed by atoms with Crippen LogP contribution < -0.4 is 0 Å². The molecule has 0 bridgehead atoms. The van der Waals surface area contributed by atoms with Crippen molar-refractivity contribution in [2.75, 3.05) is 39.6 Å². The number of hydrogen-bond donors (Lipinski definition) is 3. The van der Waals surface area contributed by atoms with Gasteiger partial charge in [-0.3, -0.25) is 37.3 Å². The van der Waals surface area contributed by atoms with Crippen LogP contribution in [0.5, 0.6) is 0 Å². The number of phosphoric ester groups is 2. The van der Waals surface area contributed by atoms with Crippen molar-refractivity contribution >= 4 is 39.5 Å². The van der Waals surface area contributed by atoms with Crippen molar-refractivity contribution in [3.05, 3.63) is 0 Å². The van der Waals surface area contributed by atoms with E-state index in [2.05, 4.69) is 34.6 Å². The van der Waals surface area contributed by atoms with Crippen LogP contribution in [0.2, 0.25) is 0 Å². The van der Waals surface area contributed by atoms with Crippen molar-refractivity contribution in [3.8, 4) is 0 Å². The summed E-state index contributed by atoms with van der Waals surface area (Å²) in [5, 5.41) is 10.7. The van der Waals surface area contributed by atoms with Crippen molar-refractivity contribution in [3.63, 3.8) is 0 Å². The number of aliphatic hydroxyl groups is 1. The Hall–Kier alpha value is -1.94. The Kier molecular flexibility index (Phi) is 78.2. The molecule has 0 aromatic carbocycles. The Morgan fingerprint density at radius 2 is 0.453 bits per heavy atom. The lowest BCUT2D eigenvalue weighted by Gasteiger charge is -2.21. The average molecular weight is 1550 g/mol. The standard InChI is InChI=1S/C87H170O17P2/c1-6-10-13-16-19-22-25-28-30-32-34-36-38-40-42-44-47-50-53-56-63-68-73-86(91)103-82(76-97-84(89)70-65-60-54-51-48-46-43-41-39-37-35-33-31-29-26-23-20-17-14-11-7-2)78-101-105(93,94)99-74-81(88)75-100-106(95,96)102-79-83(77-98-85(90)71-66-61-58-57-59-64-69-80(5)9-4)104-87(92)72-67-62-55-52-49-45-27-24-21-18-15-12-8-3/h80-83,88H,6-79H2,1-5H3,(H,93,94)(H,95,96)/t80?,81-,82-,83-/m1/s1. The molecular formula is C87H170O17P2. The zero-order chi connectivity index (χ0) is 77.6. The lowest BCUT2D eigenvalue weighted by molar-refractivity contribution is -0.161. The summed E-state index contributed by atoms with van der Waals surface area (Å²) >= 11 is 0. The first-order chi connectivity index (χ1) is 51.6. The summed E-state index contributed by atoms with van der Waals surface area (Å²) < 4.78 is 68.9. The molecule has 630 valence electrons. The molecule has 17 nitrogen and oxygen atoms in total. The highest BCUT2D eigenvalue weighted by Crippen LogP contribution is 2.45. The van der Waals surface area contributed by atoms with Gasteiger partial charge in [-0.1, -0.05) is 420 Å². The third-order valence-corrected chi connectivity index (χ3v) is 22.8. The van der Waals surface area contributed by atoms with Gasteiger partial charge in [0.05, 0.1) is 26.4 Å². The van der Waals surface area contributed by atoms with Crippen LogP contribution in [0.1, 0.15) is 471 Å². The highest BCUT2D eigenvalue weighted by molar-refractivity contribution is 7.47. The molecule has 6 atom stereocenters. The van der Waals surface area contributed by atoms with E-state index < -0.39 is 97.5 Å². The Balaban J connectivity index is 5.20. The fourth-order valence-corrected chi connectivity index (χ4v) is 15.2. The van der Waals surface area contributed by atoms with Gasteiger partial charge < -0.3 is 33.8 Å². The molecule has 19 heteroatoms. The van der Waals surface area contributed by atoms with E-state index in [4.69, 9.17) is 37.0 Å². The van der Waals surface area contributed by atoms with E-state index >= 15 is 0 Å². The van der Waals surface area contributed by atoms with Crippen LogP contribution in [0.25, 0.3) is 0 Å². The van der Waals surface area contributed by atoms with Gasteiger partial charge in [0.2, 0.25) is 0 Å². The van der Waals surface area contributed by atoms with Gasteiger partial charge in [0.25, 0.3) is 0 Å². The van der Waals surface area contributed by atoms with Crippen LogP contribution >= 0.6 is 15.6 Å². The first-order valence-electron chi connectivity index (χ1n) is 45.2. The van der Waals surface area contributed by atoms with E-state index in [9.17, 15) is 43.2 Å². The lowest BCUT2D eigenvalue weighted by Crippen LogP contribution is -2.30. The summed E-state index contributed by atoms with van der Waals surface area (Å²) in [7, 11) is -9.93. The minimum absolute atomic E-state index is 0.107. The van der Waals surface area contributed by atoms with Gasteiger partial charge in [-0.2, -0.15) is 0 Å². The number of phosphoric acid groups is 2. The molecular weight excluding hydrogens is 1380 g/mol. The second kappa shape index (κ2) is 79.7. The Bertz CT molecular complexity index is 2020. The van der Waals surface area contributed by atoms with Crippen LogP contribution in [0.3, 0.4) is 0 Å². The molecule has 0 rings (SSSR count). The zero-order valence-corrected chi connectivity index (χ0v) is 71.4. The van der Waals surface area contributed by atoms with Crippen LogP contribution in [0, 0.1) is 5.92 Å². The molecule has 0 fully saturated rings. The van der Waals surface area contributed by atoms with Crippen molar-refractivity contribution in [1.82, 2.24) is 0 Å². The first-order valence-corrected chi connectivity index (χ1v) is 48.2. The van der Waals surface area contributed by atoms with Crippen LogP contribution in [0.15, 0.2) is 0 Å². The molecule has 0 saturated carbocycles. The second-order valence-electron chi connectivity index (χ2n) is 31.5. The Labute approximate surface area is 651 Å². The fourth-order valence-electron chi connectivity index (χ4n) is 13.6. The highest BCUT2D eigenvalue weighted by atomic mass is 31.2. The van der Waals surface area contributed by atoms with Gasteiger partial charge in [-0.15, -0.1) is 0 Å². The van der Waals surface area contributed by atoms with Gasteiger partial charge in [0.1, 0.15) is 19.3 Å². The third kappa shape index (κ3) is 78.7. The SMILES string of the molecule is CCCCCCCCCCCCCCCCCCCCCCCCC(=O)O[C@H](COC(=O)CCCCCCCCCCCCCCCCCCCCCCC)COP(=O)(O)OC[C@@H](O)COP(=O)(O)OC[C@@H](COC(=O)CCCCCCCCC(C)CC)OC(=O)CCCCCCCCCCCCCCC. The van der Waals surface area contributed by atoms with Gasteiger partial charge in [0, 0.05) is 25.7 Å². The predicted octanol–water partition coefficient (Wildman–Crippen LogP) is 26.8. The predicted molar refractivity (Wildman–Crippen MR) is 437 cm³/mol. The van der Waals surface area contributed by atoms with Crippen LogP contribution in [0.4, 0.5) is 0 Å². The van der Waals surface area contributed by atoms with E-state index in [1.54, 1.807) is 0 Å². The lowest BCUT2D eigenvalue weighted by atomic mass is 10.00. The number of esters is 4. The van der Waals surface area contributed by atoms with Crippen LogP contribution in [-0.2, 0) is 65.4 Å². The minimum atomic E-state index is -4.97. The molecule has 0 spiro atoms. The van der Waals surface area contributed by atoms with E-state index in [1.165, 1.54) is 289 Å². The topological polar surface area (TPSA) is 237 Å². The number of carbonyl (C=O) groups excluding carboxylic acids is 4. The molecule has 0 radical (unpaired) electrons. The summed E-state index contributed by atoms with van der Waals surface area (Å²) in [5.41, 5.74) is 0. The number of carbonyl (C=O) groups is 4. The fraction of sp³-hybridized carbons (Fsp3) is 0.954.